The first-order valence-electron chi connectivity index (χ1n) is 12.2. The Bertz CT molecular complexity index is 1270. The van der Waals surface area contributed by atoms with Crippen LogP contribution >= 0.6 is 0 Å². The normalized spacial score (nSPS) is 15.4. The van der Waals surface area contributed by atoms with Crippen LogP contribution < -0.4 is 10.1 Å². The minimum absolute atomic E-state index is 0.150. The molecule has 178 valence electrons. The largest absolute Gasteiger partial charge is 0.486 e. The molecular formula is C30H30N2O3. The topological polar surface area (TPSA) is 54.7 Å². The molecule has 0 bridgehead atoms. The number of hydrogen-bond donors (Lipinski definition) is 1. The number of carbonyl (C=O) groups excluding carboxylic acids is 1. The third-order valence-electron chi connectivity index (χ3n) is 6.39. The van der Waals surface area contributed by atoms with E-state index in [-0.39, 0.29) is 18.6 Å². The Morgan fingerprint density at radius 2 is 1.77 bits per heavy atom. The summed E-state index contributed by atoms with van der Waals surface area (Å²) in [5, 5.41) is 2.75. The molecule has 1 amide bonds. The van der Waals surface area contributed by atoms with Crippen molar-refractivity contribution in [2.75, 3.05) is 13.1 Å². The van der Waals surface area contributed by atoms with Crippen LogP contribution in [0.15, 0.2) is 95.4 Å². The second kappa shape index (κ2) is 10.6. The lowest BCUT2D eigenvalue weighted by Crippen LogP contribution is -2.35. The van der Waals surface area contributed by atoms with E-state index in [9.17, 15) is 4.79 Å². The third kappa shape index (κ3) is 5.31. The van der Waals surface area contributed by atoms with Gasteiger partial charge < -0.3 is 14.5 Å². The maximum absolute atomic E-state index is 12.0. The lowest BCUT2D eigenvalue weighted by atomic mass is 9.87. The van der Waals surface area contributed by atoms with E-state index >= 15 is 0 Å². The van der Waals surface area contributed by atoms with E-state index in [1.165, 1.54) is 22.3 Å². The smallest absolute Gasteiger partial charge is 0.286 e. The minimum Gasteiger partial charge on any atom is -0.486 e. The molecule has 1 aliphatic heterocycles. The average molecular weight is 467 g/mol. The molecule has 2 heterocycles. The van der Waals surface area contributed by atoms with Crippen LogP contribution in [0, 0.1) is 0 Å². The van der Waals surface area contributed by atoms with Crippen molar-refractivity contribution in [3.8, 4) is 5.75 Å². The van der Waals surface area contributed by atoms with E-state index in [0.717, 1.165) is 25.3 Å². The van der Waals surface area contributed by atoms with Crippen LogP contribution in [0.25, 0.3) is 0 Å². The van der Waals surface area contributed by atoms with Crippen molar-refractivity contribution in [2.24, 2.45) is 0 Å². The average Bonchev–Trinajstić information content (AvgIpc) is 3.38. The third-order valence-corrected chi connectivity index (χ3v) is 6.39. The summed E-state index contributed by atoms with van der Waals surface area (Å²) < 4.78 is 11.8. The second-order valence-corrected chi connectivity index (χ2v) is 8.79. The fourth-order valence-electron chi connectivity index (χ4n) is 4.73. The maximum atomic E-state index is 12.0. The molecule has 5 rings (SSSR count). The Kier molecular flexibility index (Phi) is 6.96. The predicted molar refractivity (Wildman–Crippen MR) is 136 cm³/mol. The number of ether oxygens (including phenoxy) is 1. The van der Waals surface area contributed by atoms with Crippen molar-refractivity contribution in [1.29, 1.82) is 0 Å². The van der Waals surface area contributed by atoms with E-state index in [0.29, 0.717) is 18.1 Å². The maximum Gasteiger partial charge on any atom is 0.286 e. The zero-order valence-corrected chi connectivity index (χ0v) is 19.9. The van der Waals surface area contributed by atoms with Gasteiger partial charge in [-0.1, -0.05) is 66.7 Å². The van der Waals surface area contributed by atoms with Crippen molar-refractivity contribution < 1.29 is 13.9 Å². The number of hydrogen-bond acceptors (Lipinski definition) is 4. The number of nitrogens with one attached hydrogen (secondary N) is 1. The van der Waals surface area contributed by atoms with Crippen LogP contribution in [-0.2, 0) is 19.6 Å². The number of rotatable bonds is 8. The summed E-state index contributed by atoms with van der Waals surface area (Å²) in [4.78, 5) is 14.5. The zero-order valence-electron chi connectivity index (χ0n) is 19.9. The molecule has 0 saturated heterocycles. The van der Waals surface area contributed by atoms with Gasteiger partial charge in [0, 0.05) is 19.6 Å². The van der Waals surface area contributed by atoms with Gasteiger partial charge in [0.05, 0.1) is 6.04 Å². The van der Waals surface area contributed by atoms with Crippen LogP contribution in [0.2, 0.25) is 0 Å². The van der Waals surface area contributed by atoms with Crippen LogP contribution in [0.4, 0.5) is 0 Å². The van der Waals surface area contributed by atoms with Crippen molar-refractivity contribution in [1.82, 2.24) is 10.2 Å². The molecule has 1 atom stereocenters. The second-order valence-electron chi connectivity index (χ2n) is 8.79. The van der Waals surface area contributed by atoms with Gasteiger partial charge in [-0.3, -0.25) is 9.69 Å². The molecular weight excluding hydrogens is 436 g/mol. The molecule has 1 aromatic heterocycles. The Morgan fingerprint density at radius 3 is 2.54 bits per heavy atom. The SMILES string of the molecule is CCNC(=O)c1ccc(COc2ccc3c(c2)C(c2ccccc2)N(Cc2ccccc2)CC3)o1. The molecule has 5 nitrogen and oxygen atoms in total. The van der Waals surface area contributed by atoms with Gasteiger partial charge in [-0.2, -0.15) is 0 Å². The molecule has 4 aromatic rings. The van der Waals surface area contributed by atoms with Crippen molar-refractivity contribution in [3.63, 3.8) is 0 Å². The summed E-state index contributed by atoms with van der Waals surface area (Å²) in [7, 11) is 0. The van der Waals surface area contributed by atoms with E-state index in [1.807, 2.05) is 13.0 Å². The Balaban J connectivity index is 1.39. The van der Waals surface area contributed by atoms with Crippen molar-refractivity contribution in [2.45, 2.75) is 32.5 Å². The molecule has 0 radical (unpaired) electrons. The highest BCUT2D eigenvalue weighted by molar-refractivity contribution is 5.91. The molecule has 35 heavy (non-hydrogen) atoms. The quantitative estimate of drug-likeness (QED) is 0.359. The Labute approximate surface area is 206 Å². The number of amides is 1. The van der Waals surface area contributed by atoms with E-state index < -0.39 is 0 Å². The first-order valence-corrected chi connectivity index (χ1v) is 12.2. The summed E-state index contributed by atoms with van der Waals surface area (Å²) in [5.74, 6) is 1.50. The summed E-state index contributed by atoms with van der Waals surface area (Å²) in [6.07, 6.45) is 1.000. The number of nitrogens with zero attached hydrogens (tertiary/aromatic N) is 1. The highest BCUT2D eigenvalue weighted by Crippen LogP contribution is 2.38. The monoisotopic (exact) mass is 466 g/mol. The number of carbonyl (C=O) groups is 1. The zero-order chi connectivity index (χ0) is 24.0. The van der Waals surface area contributed by atoms with Gasteiger partial charge in [0.1, 0.15) is 18.1 Å². The van der Waals surface area contributed by atoms with Gasteiger partial charge in [-0.15, -0.1) is 0 Å². The number of fused-ring (bicyclic) bond motifs is 1. The van der Waals surface area contributed by atoms with E-state index in [1.54, 1.807) is 12.1 Å². The molecule has 5 heteroatoms. The van der Waals surface area contributed by atoms with Crippen LogP contribution in [-0.4, -0.2) is 23.9 Å². The van der Waals surface area contributed by atoms with Gasteiger partial charge >= 0.3 is 0 Å². The lowest BCUT2D eigenvalue weighted by molar-refractivity contribution is 0.0924. The Morgan fingerprint density at radius 1 is 1.00 bits per heavy atom. The number of benzene rings is 3. The lowest BCUT2D eigenvalue weighted by Gasteiger charge is -2.38. The molecule has 0 spiro atoms. The standard InChI is InChI=1S/C30H30N2O3/c1-2-31-30(33)28-16-15-26(35-28)21-34-25-14-13-23-17-18-32(20-22-9-5-3-6-10-22)29(27(23)19-25)24-11-7-4-8-12-24/h3-16,19,29H,2,17-18,20-21H2,1H3,(H,31,33). The van der Waals surface area contributed by atoms with Crippen LogP contribution in [0.1, 0.15) is 51.5 Å². The summed E-state index contributed by atoms with van der Waals surface area (Å²) in [6.45, 7) is 4.59. The van der Waals surface area contributed by atoms with Gasteiger partial charge in [0.25, 0.3) is 5.91 Å². The summed E-state index contributed by atoms with van der Waals surface area (Å²) >= 11 is 0. The molecule has 0 fully saturated rings. The fourth-order valence-corrected chi connectivity index (χ4v) is 4.73. The van der Waals surface area contributed by atoms with Gasteiger partial charge in [0.2, 0.25) is 0 Å². The highest BCUT2D eigenvalue weighted by atomic mass is 16.5. The van der Waals surface area contributed by atoms with Crippen molar-refractivity contribution in [3.05, 3.63) is 125 Å². The van der Waals surface area contributed by atoms with Gasteiger partial charge in [-0.25, -0.2) is 0 Å². The fraction of sp³-hybridized carbons (Fsp3) is 0.233. The summed E-state index contributed by atoms with van der Waals surface area (Å²) in [6, 6.07) is 31.3. The van der Waals surface area contributed by atoms with E-state index in [2.05, 4.69) is 83.0 Å². The number of furan rings is 1. The van der Waals surface area contributed by atoms with Crippen LogP contribution in [0.3, 0.4) is 0 Å². The highest BCUT2D eigenvalue weighted by Gasteiger charge is 2.29. The molecule has 1 N–H and O–H groups in total. The Hall–Kier alpha value is -3.83. The van der Waals surface area contributed by atoms with Crippen molar-refractivity contribution >= 4 is 5.91 Å². The first kappa shape index (κ1) is 22.9. The molecule has 1 unspecified atom stereocenters. The van der Waals surface area contributed by atoms with Gasteiger partial charge in [-0.05, 0) is 59.9 Å². The minimum atomic E-state index is -0.211. The molecule has 0 aliphatic carbocycles. The van der Waals surface area contributed by atoms with Gasteiger partial charge in [0.15, 0.2) is 5.76 Å². The predicted octanol–water partition coefficient (Wildman–Crippen LogP) is 5.76. The molecule has 0 saturated carbocycles. The van der Waals surface area contributed by atoms with Crippen LogP contribution in [0.5, 0.6) is 5.75 Å². The first-order chi connectivity index (χ1) is 17.2. The van der Waals surface area contributed by atoms with E-state index in [4.69, 9.17) is 9.15 Å². The molecule has 1 aliphatic rings. The summed E-state index contributed by atoms with van der Waals surface area (Å²) in [5.41, 5.74) is 5.22. The molecule has 3 aromatic carbocycles.